The fourth-order valence-electron chi connectivity index (χ4n) is 4.75. The number of nitro groups is 1. The molecule has 1 aliphatic heterocycles. The summed E-state index contributed by atoms with van der Waals surface area (Å²) in [5, 5.41) is 15.4. The number of non-ortho nitro benzene ring substituents is 1. The summed E-state index contributed by atoms with van der Waals surface area (Å²) in [5.74, 6) is 0.166. The molecule has 31 heavy (non-hydrogen) atoms. The molecule has 5 nitrogen and oxygen atoms in total. The Bertz CT molecular complexity index is 1220. The molecular weight excluding hydrogens is 412 g/mol. The maximum absolute atomic E-state index is 13.3. The highest BCUT2D eigenvalue weighted by Gasteiger charge is 2.40. The van der Waals surface area contributed by atoms with E-state index in [2.05, 4.69) is 17.5 Å². The van der Waals surface area contributed by atoms with E-state index >= 15 is 0 Å². The lowest BCUT2D eigenvalue weighted by atomic mass is 9.76. The first kappa shape index (κ1) is 19.5. The fraction of sp³-hybridized carbons (Fsp3) is 0.160. The second-order valence-corrected chi connectivity index (χ2v) is 8.38. The Hall–Kier alpha value is -3.44. The van der Waals surface area contributed by atoms with Gasteiger partial charge in [-0.25, -0.2) is 0 Å². The molecule has 0 saturated carbocycles. The summed E-state index contributed by atoms with van der Waals surface area (Å²) in [6.07, 6.45) is 5.14. The summed E-state index contributed by atoms with van der Waals surface area (Å²) in [7, 11) is 0. The lowest BCUT2D eigenvalue weighted by Gasteiger charge is -2.38. The molecule has 3 aromatic carbocycles. The lowest BCUT2D eigenvalue weighted by molar-refractivity contribution is -0.384. The topological polar surface area (TPSA) is 72.2 Å². The SMILES string of the molecule is O=C(c1ccccc1)c1cc(Cl)cc2c1N[C@H](c1cccc([N+](=O)[O-])c1)[C@@H]1CC=C[C@H]21. The highest BCUT2D eigenvalue weighted by atomic mass is 35.5. The van der Waals surface area contributed by atoms with E-state index in [0.717, 1.165) is 23.2 Å². The predicted molar refractivity (Wildman–Crippen MR) is 121 cm³/mol. The van der Waals surface area contributed by atoms with Crippen LogP contribution in [0.1, 0.15) is 45.4 Å². The van der Waals surface area contributed by atoms with Crippen molar-refractivity contribution >= 4 is 28.8 Å². The van der Waals surface area contributed by atoms with Crippen molar-refractivity contribution in [2.75, 3.05) is 5.32 Å². The van der Waals surface area contributed by atoms with Gasteiger partial charge in [0, 0.05) is 39.9 Å². The minimum Gasteiger partial charge on any atom is -0.377 e. The minimum atomic E-state index is -0.380. The van der Waals surface area contributed by atoms with Gasteiger partial charge in [-0.1, -0.05) is 66.2 Å². The number of nitro benzene ring substituents is 1. The molecule has 0 fully saturated rings. The summed E-state index contributed by atoms with van der Waals surface area (Å²) < 4.78 is 0. The summed E-state index contributed by atoms with van der Waals surface area (Å²) in [5.41, 5.74) is 3.75. The van der Waals surface area contributed by atoms with Gasteiger partial charge in [-0.15, -0.1) is 0 Å². The maximum atomic E-state index is 13.3. The van der Waals surface area contributed by atoms with E-state index in [4.69, 9.17) is 11.6 Å². The number of halogens is 1. The largest absolute Gasteiger partial charge is 0.377 e. The zero-order valence-electron chi connectivity index (χ0n) is 16.5. The number of nitrogens with zero attached hydrogens (tertiary/aromatic N) is 1. The highest BCUT2D eigenvalue weighted by molar-refractivity contribution is 6.31. The number of fused-ring (bicyclic) bond motifs is 3. The average molecular weight is 431 g/mol. The van der Waals surface area contributed by atoms with Gasteiger partial charge in [-0.3, -0.25) is 14.9 Å². The van der Waals surface area contributed by atoms with Crippen molar-refractivity contribution in [2.45, 2.75) is 18.4 Å². The number of anilines is 1. The Labute approximate surface area is 184 Å². The summed E-state index contributed by atoms with van der Waals surface area (Å²) in [6.45, 7) is 0. The first-order chi connectivity index (χ1) is 15.0. The minimum absolute atomic E-state index is 0.0595. The Morgan fingerprint density at radius 1 is 1.06 bits per heavy atom. The molecule has 0 amide bonds. The van der Waals surface area contributed by atoms with Gasteiger partial charge >= 0.3 is 0 Å². The number of hydrogen-bond acceptors (Lipinski definition) is 4. The zero-order valence-corrected chi connectivity index (χ0v) is 17.3. The Kier molecular flexibility index (Phi) is 4.83. The molecule has 6 heteroatoms. The molecule has 0 spiro atoms. The zero-order chi connectivity index (χ0) is 21.5. The molecule has 1 N–H and O–H groups in total. The van der Waals surface area contributed by atoms with Gasteiger partial charge < -0.3 is 5.32 Å². The number of carbonyl (C=O) groups is 1. The van der Waals surface area contributed by atoms with Gasteiger partial charge in [0.1, 0.15) is 0 Å². The van der Waals surface area contributed by atoms with Crippen molar-refractivity contribution in [3.63, 3.8) is 0 Å². The standard InChI is InChI=1S/C25H19ClN2O3/c26-17-13-21-19-10-5-11-20(19)23(16-8-4-9-18(12-16)28(30)31)27-24(21)22(14-17)25(29)15-6-2-1-3-7-15/h1-10,12-14,19-20,23,27H,11H2/t19-,20+,23+/m0/s1. The fourth-order valence-corrected chi connectivity index (χ4v) is 4.98. The first-order valence-electron chi connectivity index (χ1n) is 10.1. The number of benzene rings is 3. The van der Waals surface area contributed by atoms with Crippen LogP contribution in [0.4, 0.5) is 11.4 Å². The molecule has 1 aliphatic carbocycles. The molecule has 0 saturated heterocycles. The number of carbonyl (C=O) groups excluding carboxylic acids is 1. The Morgan fingerprint density at radius 3 is 2.65 bits per heavy atom. The quantitative estimate of drug-likeness (QED) is 0.228. The van der Waals surface area contributed by atoms with E-state index in [0.29, 0.717) is 16.1 Å². The van der Waals surface area contributed by atoms with E-state index in [1.54, 1.807) is 30.3 Å². The summed E-state index contributed by atoms with van der Waals surface area (Å²) in [4.78, 5) is 24.3. The molecule has 3 aromatic rings. The lowest BCUT2D eigenvalue weighted by Crippen LogP contribution is -2.30. The summed E-state index contributed by atoms with van der Waals surface area (Å²) >= 11 is 6.43. The van der Waals surface area contributed by atoms with E-state index in [-0.39, 0.29) is 34.3 Å². The molecule has 2 aliphatic rings. The van der Waals surface area contributed by atoms with Crippen molar-refractivity contribution < 1.29 is 9.72 Å². The van der Waals surface area contributed by atoms with Crippen LogP contribution in [0.2, 0.25) is 5.02 Å². The van der Waals surface area contributed by atoms with Crippen molar-refractivity contribution in [2.24, 2.45) is 5.92 Å². The second-order valence-electron chi connectivity index (χ2n) is 7.94. The van der Waals surface area contributed by atoms with Gasteiger partial charge in [0.25, 0.3) is 5.69 Å². The van der Waals surface area contributed by atoms with E-state index in [1.807, 2.05) is 30.3 Å². The van der Waals surface area contributed by atoms with E-state index < -0.39 is 0 Å². The molecule has 0 unspecified atom stereocenters. The molecule has 3 atom stereocenters. The van der Waals surface area contributed by atoms with Crippen LogP contribution < -0.4 is 5.32 Å². The molecule has 5 rings (SSSR count). The van der Waals surface area contributed by atoms with Crippen LogP contribution in [0, 0.1) is 16.0 Å². The third-order valence-electron chi connectivity index (χ3n) is 6.15. The normalized spacial score (nSPS) is 21.1. The first-order valence-corrected chi connectivity index (χ1v) is 10.5. The molecule has 154 valence electrons. The van der Waals surface area contributed by atoms with Crippen LogP contribution in [0.15, 0.2) is 78.9 Å². The smallest absolute Gasteiger partial charge is 0.269 e. The van der Waals surface area contributed by atoms with Gasteiger partial charge in [-0.05, 0) is 35.6 Å². The number of hydrogen-bond donors (Lipinski definition) is 1. The van der Waals surface area contributed by atoms with E-state index in [9.17, 15) is 14.9 Å². The van der Waals surface area contributed by atoms with Crippen LogP contribution in [-0.4, -0.2) is 10.7 Å². The van der Waals surface area contributed by atoms with Crippen molar-refractivity contribution in [1.82, 2.24) is 0 Å². The van der Waals surface area contributed by atoms with Gasteiger partial charge in [0.15, 0.2) is 5.78 Å². The number of ketones is 1. The van der Waals surface area contributed by atoms with Crippen LogP contribution in [-0.2, 0) is 0 Å². The maximum Gasteiger partial charge on any atom is 0.269 e. The molecular formula is C25H19ClN2O3. The third kappa shape index (κ3) is 3.41. The van der Waals surface area contributed by atoms with E-state index in [1.165, 1.54) is 6.07 Å². The van der Waals surface area contributed by atoms with Crippen molar-refractivity contribution in [3.8, 4) is 0 Å². The monoisotopic (exact) mass is 430 g/mol. The number of allylic oxidation sites excluding steroid dienone is 2. The van der Waals surface area contributed by atoms with Gasteiger partial charge in [0.2, 0.25) is 0 Å². The van der Waals surface area contributed by atoms with Crippen LogP contribution in [0.25, 0.3) is 0 Å². The highest BCUT2D eigenvalue weighted by Crippen LogP contribution is 2.51. The van der Waals surface area contributed by atoms with Gasteiger partial charge in [0.05, 0.1) is 11.0 Å². The third-order valence-corrected chi connectivity index (χ3v) is 6.37. The van der Waals surface area contributed by atoms with Crippen LogP contribution >= 0.6 is 11.6 Å². The molecule has 0 radical (unpaired) electrons. The molecule has 0 bridgehead atoms. The second kappa shape index (κ2) is 7.67. The van der Waals surface area contributed by atoms with Crippen molar-refractivity contribution in [1.29, 1.82) is 0 Å². The summed E-state index contributed by atoms with van der Waals surface area (Å²) in [6, 6.07) is 19.3. The van der Waals surface area contributed by atoms with Gasteiger partial charge in [-0.2, -0.15) is 0 Å². The molecule has 1 heterocycles. The van der Waals surface area contributed by atoms with Crippen molar-refractivity contribution in [3.05, 3.63) is 116 Å². The number of rotatable bonds is 4. The average Bonchev–Trinajstić information content (AvgIpc) is 3.29. The molecule has 0 aromatic heterocycles. The number of nitrogens with one attached hydrogen (secondary N) is 1. The van der Waals surface area contributed by atoms with Crippen LogP contribution in [0.3, 0.4) is 0 Å². The Morgan fingerprint density at radius 2 is 1.87 bits per heavy atom. The predicted octanol–water partition coefficient (Wildman–Crippen LogP) is 6.31. The van der Waals surface area contributed by atoms with Crippen LogP contribution in [0.5, 0.6) is 0 Å². The Balaban J connectivity index is 1.64.